The quantitative estimate of drug-likeness (QED) is 0.799. The first-order chi connectivity index (χ1) is 11.8. The average molecular weight is 362 g/mol. The number of thioether (sulfide) groups is 1. The molecule has 0 bridgehead atoms. The molecule has 2 amide bonds. The van der Waals surface area contributed by atoms with Crippen LogP contribution in [0.25, 0.3) is 0 Å². The van der Waals surface area contributed by atoms with Crippen LogP contribution < -0.4 is 11.1 Å². The van der Waals surface area contributed by atoms with E-state index in [1.807, 2.05) is 19.9 Å². The number of rotatable bonds is 4. The number of hydrogen-bond donors (Lipinski definition) is 2. The Hall–Kier alpha value is -2.02. The van der Waals surface area contributed by atoms with Gasteiger partial charge in [-0.25, -0.2) is 0 Å². The lowest BCUT2D eigenvalue weighted by Gasteiger charge is -2.29. The summed E-state index contributed by atoms with van der Waals surface area (Å²) in [7, 11) is 0. The van der Waals surface area contributed by atoms with Crippen molar-refractivity contribution in [3.05, 3.63) is 28.8 Å². The SMILES string of the molecule is Cc1cc(C)c2c(c1)C(CC(N)=O)(OC(=O)C1CCSCC1)C(=O)N2. The lowest BCUT2D eigenvalue weighted by molar-refractivity contribution is -0.173. The first kappa shape index (κ1) is 17.8. The molecule has 2 heterocycles. The van der Waals surface area contributed by atoms with Gasteiger partial charge < -0.3 is 15.8 Å². The topological polar surface area (TPSA) is 98.5 Å². The van der Waals surface area contributed by atoms with Gasteiger partial charge in [0.2, 0.25) is 11.5 Å². The first-order valence-electron chi connectivity index (χ1n) is 8.35. The molecule has 3 N–H and O–H groups in total. The number of ether oxygens (including phenoxy) is 1. The number of nitrogens with two attached hydrogens (primary N) is 1. The number of hydrogen-bond acceptors (Lipinski definition) is 5. The molecule has 0 saturated carbocycles. The second-order valence-electron chi connectivity index (χ2n) is 6.74. The summed E-state index contributed by atoms with van der Waals surface area (Å²) in [5.41, 5.74) is 6.63. The highest BCUT2D eigenvalue weighted by Crippen LogP contribution is 2.44. The fourth-order valence-corrected chi connectivity index (χ4v) is 4.64. The number of amides is 2. The highest BCUT2D eigenvalue weighted by molar-refractivity contribution is 7.99. The van der Waals surface area contributed by atoms with Crippen LogP contribution in [0.5, 0.6) is 0 Å². The Balaban J connectivity index is 2.01. The third-order valence-corrected chi connectivity index (χ3v) is 5.82. The summed E-state index contributed by atoms with van der Waals surface area (Å²) < 4.78 is 5.74. The standard InChI is InChI=1S/C18H22N2O4S/c1-10-7-11(2)15-13(8-10)18(9-14(19)21,17(23)20-15)24-16(22)12-3-5-25-6-4-12/h7-8,12H,3-6,9H2,1-2H3,(H2,19,21)(H,20,23). The Morgan fingerprint density at radius 3 is 2.64 bits per heavy atom. The van der Waals surface area contributed by atoms with Gasteiger partial charge in [0.25, 0.3) is 5.91 Å². The number of nitrogens with one attached hydrogen (secondary N) is 1. The summed E-state index contributed by atoms with van der Waals surface area (Å²) >= 11 is 1.80. The van der Waals surface area contributed by atoms with Crippen molar-refractivity contribution in [3.8, 4) is 0 Å². The Morgan fingerprint density at radius 2 is 2.00 bits per heavy atom. The van der Waals surface area contributed by atoms with Gasteiger partial charge in [0.05, 0.1) is 18.0 Å². The fraction of sp³-hybridized carbons (Fsp3) is 0.500. The molecule has 0 spiro atoms. The minimum atomic E-state index is -1.67. The van der Waals surface area contributed by atoms with Gasteiger partial charge in [-0.2, -0.15) is 11.8 Å². The van der Waals surface area contributed by atoms with Gasteiger partial charge >= 0.3 is 5.97 Å². The van der Waals surface area contributed by atoms with Crippen molar-refractivity contribution in [3.63, 3.8) is 0 Å². The molecule has 2 aliphatic heterocycles. The first-order valence-corrected chi connectivity index (χ1v) is 9.51. The Bertz CT molecular complexity index is 743. The lowest BCUT2D eigenvalue weighted by atomic mass is 9.88. The average Bonchev–Trinajstić information content (AvgIpc) is 2.81. The summed E-state index contributed by atoms with van der Waals surface area (Å²) in [6, 6.07) is 3.72. The molecule has 134 valence electrons. The molecule has 0 aliphatic carbocycles. The van der Waals surface area contributed by atoms with Crippen molar-refractivity contribution in [1.29, 1.82) is 0 Å². The normalized spacial score (nSPS) is 23.0. The molecule has 0 aromatic heterocycles. The predicted molar refractivity (Wildman–Crippen MR) is 96.2 cm³/mol. The van der Waals surface area contributed by atoms with Crippen LogP contribution in [0.15, 0.2) is 12.1 Å². The molecule has 25 heavy (non-hydrogen) atoms. The molecule has 1 fully saturated rings. The molecular weight excluding hydrogens is 340 g/mol. The van der Waals surface area contributed by atoms with Crippen molar-refractivity contribution >= 4 is 35.2 Å². The number of benzene rings is 1. The predicted octanol–water partition coefficient (Wildman–Crippen LogP) is 2.01. The number of esters is 1. The van der Waals surface area contributed by atoms with Crippen LogP contribution in [0.4, 0.5) is 5.69 Å². The van der Waals surface area contributed by atoms with E-state index in [2.05, 4.69) is 5.32 Å². The Labute approximate surface area is 150 Å². The van der Waals surface area contributed by atoms with E-state index in [0.29, 0.717) is 11.3 Å². The van der Waals surface area contributed by atoms with E-state index in [1.54, 1.807) is 17.8 Å². The zero-order valence-electron chi connectivity index (χ0n) is 14.4. The number of carbonyl (C=O) groups excluding carboxylic acids is 3. The number of anilines is 1. The Kier molecular flexibility index (Phi) is 4.77. The van der Waals surface area contributed by atoms with Crippen molar-refractivity contribution in [2.75, 3.05) is 16.8 Å². The molecule has 1 aromatic carbocycles. The summed E-state index contributed by atoms with van der Waals surface area (Å²) in [5, 5.41) is 2.77. The molecule has 3 rings (SSSR count). The molecule has 2 aliphatic rings. The van der Waals surface area contributed by atoms with E-state index in [-0.39, 0.29) is 12.3 Å². The molecule has 6 nitrogen and oxygen atoms in total. The van der Waals surface area contributed by atoms with Crippen LogP contribution in [-0.4, -0.2) is 29.3 Å². The molecule has 0 radical (unpaired) electrons. The van der Waals surface area contributed by atoms with Gasteiger partial charge in [0.1, 0.15) is 0 Å². The van der Waals surface area contributed by atoms with E-state index in [9.17, 15) is 14.4 Å². The van der Waals surface area contributed by atoms with Crippen LogP contribution in [0.1, 0.15) is 36.0 Å². The van der Waals surface area contributed by atoms with Gasteiger partial charge in [0, 0.05) is 5.56 Å². The van der Waals surface area contributed by atoms with Crippen molar-refractivity contribution in [2.45, 2.75) is 38.7 Å². The number of primary amides is 1. The van der Waals surface area contributed by atoms with Crippen molar-refractivity contribution < 1.29 is 19.1 Å². The summed E-state index contributed by atoms with van der Waals surface area (Å²) in [5.74, 6) is -0.0761. The second kappa shape index (κ2) is 6.71. The third-order valence-electron chi connectivity index (χ3n) is 4.77. The van der Waals surface area contributed by atoms with Gasteiger partial charge in [-0.05, 0) is 49.8 Å². The van der Waals surface area contributed by atoms with Crippen LogP contribution in [0, 0.1) is 19.8 Å². The number of aryl methyl sites for hydroxylation is 2. The van der Waals surface area contributed by atoms with Crippen molar-refractivity contribution in [2.24, 2.45) is 11.7 Å². The zero-order valence-corrected chi connectivity index (χ0v) is 15.2. The van der Waals surface area contributed by atoms with Crippen LogP contribution >= 0.6 is 11.8 Å². The van der Waals surface area contributed by atoms with Crippen LogP contribution in [0.3, 0.4) is 0 Å². The molecular formula is C18H22N2O4S. The highest BCUT2D eigenvalue weighted by Gasteiger charge is 2.52. The molecule has 1 saturated heterocycles. The molecule has 1 aromatic rings. The molecule has 1 atom stereocenters. The smallest absolute Gasteiger partial charge is 0.310 e. The summed E-state index contributed by atoms with van der Waals surface area (Å²) in [6.07, 6.45) is 1.08. The zero-order chi connectivity index (χ0) is 18.2. The van der Waals surface area contributed by atoms with E-state index in [1.165, 1.54) is 0 Å². The number of fused-ring (bicyclic) bond motifs is 1. The van der Waals surface area contributed by atoms with Gasteiger partial charge in [0.15, 0.2) is 0 Å². The maximum absolute atomic E-state index is 12.8. The van der Waals surface area contributed by atoms with Crippen LogP contribution in [0.2, 0.25) is 0 Å². The lowest BCUT2D eigenvalue weighted by Crippen LogP contribution is -2.44. The minimum Gasteiger partial charge on any atom is -0.443 e. The monoisotopic (exact) mass is 362 g/mol. The maximum atomic E-state index is 12.8. The van der Waals surface area contributed by atoms with E-state index >= 15 is 0 Å². The van der Waals surface area contributed by atoms with E-state index in [0.717, 1.165) is 35.5 Å². The van der Waals surface area contributed by atoms with Gasteiger partial charge in [-0.3, -0.25) is 14.4 Å². The third kappa shape index (κ3) is 3.25. The van der Waals surface area contributed by atoms with Gasteiger partial charge in [-0.15, -0.1) is 0 Å². The minimum absolute atomic E-state index is 0.242. The van der Waals surface area contributed by atoms with Gasteiger partial charge in [-0.1, -0.05) is 11.6 Å². The summed E-state index contributed by atoms with van der Waals surface area (Å²) in [4.78, 5) is 37.2. The maximum Gasteiger partial charge on any atom is 0.310 e. The molecule has 7 heteroatoms. The fourth-order valence-electron chi connectivity index (χ4n) is 3.54. The van der Waals surface area contributed by atoms with Crippen molar-refractivity contribution in [1.82, 2.24) is 0 Å². The second-order valence-corrected chi connectivity index (χ2v) is 7.96. The van der Waals surface area contributed by atoms with E-state index < -0.39 is 23.4 Å². The summed E-state index contributed by atoms with van der Waals surface area (Å²) in [6.45, 7) is 3.76. The number of carbonyl (C=O) groups is 3. The largest absolute Gasteiger partial charge is 0.443 e. The Morgan fingerprint density at radius 1 is 1.32 bits per heavy atom. The molecule has 1 unspecified atom stereocenters. The van der Waals surface area contributed by atoms with Crippen LogP contribution in [-0.2, 0) is 24.7 Å². The van der Waals surface area contributed by atoms with E-state index in [4.69, 9.17) is 10.5 Å². The highest BCUT2D eigenvalue weighted by atomic mass is 32.2.